The van der Waals surface area contributed by atoms with Crippen LogP contribution in [-0.2, 0) is 0 Å². The molecular formula is C18H12N8O3. The summed E-state index contributed by atoms with van der Waals surface area (Å²) in [6.07, 6.45) is 0. The first-order chi connectivity index (χ1) is 14.1. The van der Waals surface area contributed by atoms with Crippen LogP contribution in [0.2, 0.25) is 0 Å². The summed E-state index contributed by atoms with van der Waals surface area (Å²) in [6, 6.07) is 14.8. The predicted molar refractivity (Wildman–Crippen MR) is 102 cm³/mol. The number of hydrogen-bond acceptors (Lipinski definition) is 8. The summed E-state index contributed by atoms with van der Waals surface area (Å²) in [5.74, 6) is 0.288. The second-order valence-electron chi connectivity index (χ2n) is 6.38. The molecule has 0 bridgehead atoms. The van der Waals surface area contributed by atoms with Gasteiger partial charge in [0.2, 0.25) is 5.95 Å². The van der Waals surface area contributed by atoms with Crippen LogP contribution in [0.3, 0.4) is 0 Å². The van der Waals surface area contributed by atoms with E-state index in [4.69, 9.17) is 0 Å². The highest BCUT2D eigenvalue weighted by atomic mass is 16.6. The molecule has 0 amide bonds. The molecule has 0 aliphatic carbocycles. The van der Waals surface area contributed by atoms with Gasteiger partial charge in [0, 0.05) is 23.3 Å². The van der Waals surface area contributed by atoms with Gasteiger partial charge in [-0.25, -0.2) is 5.10 Å². The molecule has 0 saturated heterocycles. The molecule has 2 N–H and O–H groups in total. The van der Waals surface area contributed by atoms with E-state index in [1.54, 1.807) is 12.1 Å². The second-order valence-corrected chi connectivity index (χ2v) is 6.38. The smallest absolute Gasteiger partial charge is 0.288 e. The molecule has 1 atom stereocenters. The first-order valence-electron chi connectivity index (χ1n) is 8.60. The Bertz CT molecular complexity index is 1280. The van der Waals surface area contributed by atoms with Gasteiger partial charge in [0.05, 0.1) is 10.6 Å². The van der Waals surface area contributed by atoms with Crippen molar-refractivity contribution in [2.75, 3.05) is 5.32 Å². The number of fused-ring (bicyclic) bond motifs is 2. The third-order valence-electron chi connectivity index (χ3n) is 4.74. The summed E-state index contributed by atoms with van der Waals surface area (Å²) in [5.41, 5.74) is 2.44. The Labute approximate surface area is 162 Å². The van der Waals surface area contributed by atoms with Crippen molar-refractivity contribution in [3.63, 3.8) is 0 Å². The quantitative estimate of drug-likeness (QED) is 0.353. The maximum atomic E-state index is 12.6. The highest BCUT2D eigenvalue weighted by molar-refractivity contribution is 5.75. The first kappa shape index (κ1) is 16.7. The number of H-pyrrole nitrogens is 1. The lowest BCUT2D eigenvalue weighted by Crippen LogP contribution is -2.29. The van der Waals surface area contributed by atoms with Crippen LogP contribution < -0.4 is 10.9 Å². The Morgan fingerprint density at radius 1 is 1.07 bits per heavy atom. The number of nitrogens with zero attached hydrogens (tertiary/aromatic N) is 6. The van der Waals surface area contributed by atoms with Gasteiger partial charge in [-0.3, -0.25) is 14.9 Å². The summed E-state index contributed by atoms with van der Waals surface area (Å²) in [6.45, 7) is 0. The fourth-order valence-corrected chi connectivity index (χ4v) is 3.44. The molecule has 11 nitrogen and oxygen atoms in total. The predicted octanol–water partition coefficient (Wildman–Crippen LogP) is 2.03. The lowest BCUT2D eigenvalue weighted by Gasteiger charge is -2.27. The largest absolute Gasteiger partial charge is 0.318 e. The van der Waals surface area contributed by atoms with Gasteiger partial charge in [-0.15, -0.1) is 0 Å². The van der Waals surface area contributed by atoms with Crippen molar-refractivity contribution < 1.29 is 4.92 Å². The average Bonchev–Trinajstić information content (AvgIpc) is 3.22. The van der Waals surface area contributed by atoms with E-state index in [0.29, 0.717) is 16.8 Å². The molecule has 0 radical (unpaired) electrons. The van der Waals surface area contributed by atoms with E-state index in [0.717, 1.165) is 5.56 Å². The number of nitro benzene ring substituents is 1. The van der Waals surface area contributed by atoms with Gasteiger partial charge < -0.3 is 5.32 Å². The number of tetrazole rings is 1. The topological polar surface area (TPSA) is 145 Å². The van der Waals surface area contributed by atoms with Crippen LogP contribution in [-0.4, -0.2) is 35.3 Å². The number of anilines is 2. The highest BCUT2D eigenvalue weighted by Gasteiger charge is 2.34. The third kappa shape index (κ3) is 2.64. The van der Waals surface area contributed by atoms with Gasteiger partial charge in [-0.1, -0.05) is 35.4 Å². The molecule has 0 saturated carbocycles. The average molecular weight is 388 g/mol. The van der Waals surface area contributed by atoms with E-state index in [1.165, 1.54) is 16.8 Å². The van der Waals surface area contributed by atoms with E-state index in [2.05, 4.69) is 31.0 Å². The van der Waals surface area contributed by atoms with Crippen molar-refractivity contribution in [1.82, 2.24) is 30.4 Å². The number of nitrogens with one attached hydrogen (secondary N) is 2. The Kier molecular flexibility index (Phi) is 3.66. The van der Waals surface area contributed by atoms with Crippen LogP contribution in [0.15, 0.2) is 59.4 Å². The molecule has 29 heavy (non-hydrogen) atoms. The minimum Gasteiger partial charge on any atom is -0.318 e. The Hall–Kier alpha value is -4.41. The van der Waals surface area contributed by atoms with E-state index in [1.807, 2.05) is 30.3 Å². The van der Waals surface area contributed by atoms with Gasteiger partial charge in [-0.05, 0) is 28.1 Å². The van der Waals surface area contributed by atoms with E-state index in [-0.39, 0.29) is 17.3 Å². The molecular weight excluding hydrogens is 376 g/mol. The molecule has 0 unspecified atom stereocenters. The zero-order chi connectivity index (χ0) is 20.0. The zero-order valence-electron chi connectivity index (χ0n) is 14.7. The van der Waals surface area contributed by atoms with Gasteiger partial charge in [0.15, 0.2) is 0 Å². The zero-order valence-corrected chi connectivity index (χ0v) is 14.7. The van der Waals surface area contributed by atoms with Gasteiger partial charge >= 0.3 is 0 Å². The molecule has 0 fully saturated rings. The van der Waals surface area contributed by atoms with Crippen molar-refractivity contribution >= 4 is 17.3 Å². The fraction of sp³-hybridized carbons (Fsp3) is 0.0556. The molecule has 11 heteroatoms. The maximum Gasteiger partial charge on any atom is 0.288 e. The summed E-state index contributed by atoms with van der Waals surface area (Å²) in [5, 5.41) is 32.5. The van der Waals surface area contributed by atoms with Crippen molar-refractivity contribution in [3.05, 3.63) is 86.2 Å². The van der Waals surface area contributed by atoms with Crippen molar-refractivity contribution in [2.45, 2.75) is 6.04 Å². The molecule has 2 aromatic carbocycles. The van der Waals surface area contributed by atoms with Crippen LogP contribution in [0, 0.1) is 10.1 Å². The molecule has 1 aliphatic rings. The number of aromatic nitrogens is 6. The highest BCUT2D eigenvalue weighted by Crippen LogP contribution is 2.41. The number of rotatable bonds is 3. The number of nitro groups is 1. The monoisotopic (exact) mass is 388 g/mol. The first-order valence-corrected chi connectivity index (χ1v) is 8.60. The number of aromatic amines is 1. The number of benzene rings is 2. The summed E-state index contributed by atoms with van der Waals surface area (Å²) >= 11 is 0. The van der Waals surface area contributed by atoms with Crippen molar-refractivity contribution in [2.24, 2.45) is 0 Å². The van der Waals surface area contributed by atoms with Gasteiger partial charge in [0.25, 0.3) is 11.2 Å². The molecule has 4 aromatic rings. The molecule has 3 heterocycles. The van der Waals surface area contributed by atoms with Crippen LogP contribution in [0.25, 0.3) is 11.3 Å². The normalized spacial score (nSPS) is 14.6. The summed E-state index contributed by atoms with van der Waals surface area (Å²) in [7, 11) is 0. The standard InChI is InChI=1S/C18H12N8O3/c27-17-15-13(14(20-21-17)10-4-2-1-3-5-10)16(25-18(19-15)22-23-24-25)11-6-8-12(9-7-11)26(28)29/h1-9,16H,(H,21,27)(H,19,22,24)/t16-/m1/s1. The van der Waals surface area contributed by atoms with E-state index >= 15 is 0 Å². The Balaban J connectivity index is 1.78. The van der Waals surface area contributed by atoms with Crippen LogP contribution in [0.5, 0.6) is 0 Å². The van der Waals surface area contributed by atoms with Crippen molar-refractivity contribution in [3.8, 4) is 11.3 Å². The molecule has 142 valence electrons. The molecule has 1 aliphatic heterocycles. The molecule has 2 aromatic heterocycles. The fourth-order valence-electron chi connectivity index (χ4n) is 3.44. The molecule has 5 rings (SSSR count). The van der Waals surface area contributed by atoms with Crippen LogP contribution >= 0.6 is 0 Å². The number of non-ortho nitro benzene ring substituents is 1. The Morgan fingerprint density at radius 2 is 1.83 bits per heavy atom. The van der Waals surface area contributed by atoms with Gasteiger partial charge in [-0.2, -0.15) is 9.78 Å². The van der Waals surface area contributed by atoms with E-state index in [9.17, 15) is 14.9 Å². The second kappa shape index (κ2) is 6.34. The van der Waals surface area contributed by atoms with Gasteiger partial charge in [0.1, 0.15) is 11.7 Å². The van der Waals surface area contributed by atoms with Crippen LogP contribution in [0.1, 0.15) is 17.2 Å². The van der Waals surface area contributed by atoms with Crippen molar-refractivity contribution in [1.29, 1.82) is 0 Å². The minimum atomic E-state index is -0.595. The lowest BCUT2D eigenvalue weighted by atomic mass is 9.92. The maximum absolute atomic E-state index is 12.6. The SMILES string of the molecule is O=c1[nH]nc(-c2ccccc2)c2c1Nc1nnnn1[C@@H]2c1ccc([N+](=O)[O-])cc1. The van der Waals surface area contributed by atoms with E-state index < -0.39 is 16.5 Å². The number of hydrogen-bond donors (Lipinski definition) is 2. The molecule has 0 spiro atoms. The minimum absolute atomic E-state index is 0.0350. The third-order valence-corrected chi connectivity index (χ3v) is 4.74. The van der Waals surface area contributed by atoms with Crippen LogP contribution in [0.4, 0.5) is 17.3 Å². The lowest BCUT2D eigenvalue weighted by molar-refractivity contribution is -0.384. The summed E-state index contributed by atoms with van der Waals surface area (Å²) in [4.78, 5) is 23.1. The summed E-state index contributed by atoms with van der Waals surface area (Å²) < 4.78 is 1.52. The Morgan fingerprint density at radius 3 is 2.55 bits per heavy atom.